The zero-order chi connectivity index (χ0) is 40.0. The molecule has 11 aromatic rings. The van der Waals surface area contributed by atoms with Crippen molar-refractivity contribution in [2.75, 3.05) is 0 Å². The van der Waals surface area contributed by atoms with Gasteiger partial charge in [-0.15, -0.1) is 0 Å². The van der Waals surface area contributed by atoms with E-state index in [-0.39, 0.29) is 0 Å². The number of aromatic nitrogens is 4. The Morgan fingerprint density at radius 2 is 1.07 bits per heavy atom. The Balaban J connectivity index is 1.18. The van der Waals surface area contributed by atoms with E-state index in [1.807, 2.05) is 48.7 Å². The van der Waals surface area contributed by atoms with Crippen molar-refractivity contribution in [2.24, 2.45) is 0 Å². The summed E-state index contributed by atoms with van der Waals surface area (Å²) >= 11 is 0. The van der Waals surface area contributed by atoms with E-state index >= 15 is 0 Å². The number of H-pyrrole nitrogens is 1. The number of rotatable bonds is 7. The minimum atomic E-state index is 0.576. The molecule has 0 aliphatic carbocycles. The predicted octanol–water partition coefficient (Wildman–Crippen LogP) is 13.9. The van der Waals surface area contributed by atoms with Crippen molar-refractivity contribution >= 4 is 32.8 Å². The van der Waals surface area contributed by atoms with Crippen LogP contribution >= 0.6 is 0 Å². The lowest BCUT2D eigenvalue weighted by atomic mass is 9.93. The molecular formula is C55H35N5. The van der Waals surface area contributed by atoms with E-state index in [4.69, 9.17) is 9.97 Å². The second-order valence-corrected chi connectivity index (χ2v) is 15.0. The number of hydrogen-bond acceptors (Lipinski definition) is 3. The Morgan fingerprint density at radius 1 is 0.467 bits per heavy atom. The summed E-state index contributed by atoms with van der Waals surface area (Å²) in [6, 6.07) is 71.9. The Morgan fingerprint density at radius 3 is 1.85 bits per heavy atom. The highest BCUT2D eigenvalue weighted by Crippen LogP contribution is 2.42. The number of nitriles is 1. The Hall–Kier alpha value is -8.33. The second kappa shape index (κ2) is 14.6. The summed E-state index contributed by atoms with van der Waals surface area (Å²) in [6.07, 6.45) is 1.82. The second-order valence-electron chi connectivity index (χ2n) is 15.0. The molecule has 0 spiro atoms. The number of nitrogens with one attached hydrogen (secondary N) is 1. The standard InChI is InChI=1S/C55H35N5/c56-34-42-33-50(57-35-48(42)38-20-8-3-9-21-38)41-31-39(36-16-4-1-5-17-36)30-40(32-41)44-24-15-29-52-54(44)59-55(47-26-14-25-46-45-23-10-12-27-49(45)58-53(46)47)60(52)51-28-13-11-22-43(51)37-18-6-2-7-19-37/h1-33,35,58H. The summed E-state index contributed by atoms with van der Waals surface area (Å²) in [7, 11) is 0. The fraction of sp³-hybridized carbons (Fsp3) is 0. The molecule has 0 aliphatic heterocycles. The monoisotopic (exact) mass is 765 g/mol. The topological polar surface area (TPSA) is 70.3 Å². The fourth-order valence-electron chi connectivity index (χ4n) is 8.63. The van der Waals surface area contributed by atoms with Crippen molar-refractivity contribution in [3.8, 4) is 78.9 Å². The Bertz CT molecular complexity index is 3430. The highest BCUT2D eigenvalue weighted by atomic mass is 15.1. The quantitative estimate of drug-likeness (QED) is 0.176. The summed E-state index contributed by atoms with van der Waals surface area (Å²) in [6.45, 7) is 0. The lowest BCUT2D eigenvalue weighted by molar-refractivity contribution is 1.11. The molecule has 0 atom stereocenters. The Kier molecular flexibility index (Phi) is 8.46. The number of para-hydroxylation sites is 4. The van der Waals surface area contributed by atoms with Gasteiger partial charge in [0.15, 0.2) is 0 Å². The smallest absolute Gasteiger partial charge is 0.147 e. The number of pyridine rings is 1. The summed E-state index contributed by atoms with van der Waals surface area (Å²) in [5, 5.41) is 12.7. The van der Waals surface area contributed by atoms with Crippen LogP contribution in [0.4, 0.5) is 0 Å². The van der Waals surface area contributed by atoms with Gasteiger partial charge in [0.1, 0.15) is 5.82 Å². The van der Waals surface area contributed by atoms with Gasteiger partial charge >= 0.3 is 0 Å². The van der Waals surface area contributed by atoms with Gasteiger partial charge in [0.2, 0.25) is 0 Å². The van der Waals surface area contributed by atoms with E-state index in [1.54, 1.807) is 0 Å². The van der Waals surface area contributed by atoms with Crippen molar-refractivity contribution in [2.45, 2.75) is 0 Å². The van der Waals surface area contributed by atoms with Crippen molar-refractivity contribution in [1.82, 2.24) is 19.5 Å². The van der Waals surface area contributed by atoms with Crippen LogP contribution in [0.2, 0.25) is 0 Å². The van der Waals surface area contributed by atoms with Crippen LogP contribution in [-0.2, 0) is 0 Å². The molecule has 5 heteroatoms. The minimum absolute atomic E-state index is 0.576. The first-order valence-electron chi connectivity index (χ1n) is 20.0. The predicted molar refractivity (Wildman–Crippen MR) is 246 cm³/mol. The van der Waals surface area contributed by atoms with Gasteiger partial charge in [-0.25, -0.2) is 4.98 Å². The highest BCUT2D eigenvalue weighted by molar-refractivity contribution is 6.12. The molecule has 0 unspecified atom stereocenters. The fourth-order valence-corrected chi connectivity index (χ4v) is 8.63. The largest absolute Gasteiger partial charge is 0.354 e. The van der Waals surface area contributed by atoms with Crippen molar-refractivity contribution < 1.29 is 0 Å². The van der Waals surface area contributed by atoms with E-state index in [0.717, 1.165) is 100 Å². The molecule has 0 fully saturated rings. The van der Waals surface area contributed by atoms with Crippen LogP contribution in [0.5, 0.6) is 0 Å². The van der Waals surface area contributed by atoms with Crippen LogP contribution in [0.1, 0.15) is 5.56 Å². The molecule has 3 aromatic heterocycles. The lowest BCUT2D eigenvalue weighted by Gasteiger charge is -2.15. The van der Waals surface area contributed by atoms with Gasteiger partial charge in [0.25, 0.3) is 0 Å². The summed E-state index contributed by atoms with van der Waals surface area (Å²) < 4.78 is 2.33. The Labute approximate surface area is 347 Å². The molecule has 0 bridgehead atoms. The molecule has 1 N–H and O–H groups in total. The average Bonchev–Trinajstić information content (AvgIpc) is 3.91. The number of aromatic amines is 1. The van der Waals surface area contributed by atoms with Crippen LogP contribution in [0.25, 0.3) is 106 Å². The van der Waals surface area contributed by atoms with Crippen LogP contribution in [0.15, 0.2) is 206 Å². The first-order chi connectivity index (χ1) is 29.7. The van der Waals surface area contributed by atoms with E-state index in [9.17, 15) is 5.26 Å². The van der Waals surface area contributed by atoms with Gasteiger partial charge in [0, 0.05) is 50.3 Å². The van der Waals surface area contributed by atoms with E-state index in [2.05, 4.69) is 173 Å². The maximum absolute atomic E-state index is 10.4. The third kappa shape index (κ3) is 5.95. The zero-order valence-corrected chi connectivity index (χ0v) is 32.4. The van der Waals surface area contributed by atoms with Crippen molar-refractivity contribution in [1.29, 1.82) is 5.26 Å². The molecule has 60 heavy (non-hydrogen) atoms. The summed E-state index contributed by atoms with van der Waals surface area (Å²) in [4.78, 5) is 14.4. The zero-order valence-electron chi connectivity index (χ0n) is 32.4. The van der Waals surface area contributed by atoms with Gasteiger partial charge in [-0.2, -0.15) is 5.26 Å². The van der Waals surface area contributed by atoms with E-state index < -0.39 is 0 Å². The normalized spacial score (nSPS) is 11.3. The van der Waals surface area contributed by atoms with Gasteiger partial charge in [-0.05, 0) is 76.3 Å². The number of benzene rings is 8. The molecular weight excluding hydrogens is 731 g/mol. The van der Waals surface area contributed by atoms with Crippen LogP contribution in [0, 0.1) is 11.3 Å². The van der Waals surface area contributed by atoms with Gasteiger partial charge in [-0.3, -0.25) is 9.55 Å². The van der Waals surface area contributed by atoms with E-state index in [0.29, 0.717) is 5.56 Å². The first kappa shape index (κ1) is 34.9. The molecule has 0 saturated heterocycles. The first-order valence-corrected chi connectivity index (χ1v) is 20.0. The number of imidazole rings is 1. The number of hydrogen-bond donors (Lipinski definition) is 1. The minimum Gasteiger partial charge on any atom is -0.354 e. The number of fused-ring (bicyclic) bond motifs is 4. The maximum atomic E-state index is 10.4. The molecule has 11 rings (SSSR count). The SMILES string of the molecule is N#Cc1cc(-c2cc(-c3ccccc3)cc(-c3cccc4c3nc(-c3cccc5c3[nH]c3ccccc35)n4-c3ccccc3-c3ccccc3)c2)ncc1-c1ccccc1. The number of nitrogens with zero attached hydrogens (tertiary/aromatic N) is 4. The van der Waals surface area contributed by atoms with Gasteiger partial charge < -0.3 is 4.98 Å². The van der Waals surface area contributed by atoms with Gasteiger partial charge in [0.05, 0.1) is 39.6 Å². The highest BCUT2D eigenvalue weighted by Gasteiger charge is 2.23. The molecule has 0 aliphatic rings. The van der Waals surface area contributed by atoms with E-state index in [1.165, 1.54) is 5.39 Å². The molecule has 0 radical (unpaired) electrons. The molecule has 0 saturated carbocycles. The molecule has 280 valence electrons. The molecule has 0 amide bonds. The van der Waals surface area contributed by atoms with Crippen LogP contribution < -0.4 is 0 Å². The average molecular weight is 766 g/mol. The van der Waals surface area contributed by atoms with Crippen LogP contribution in [0.3, 0.4) is 0 Å². The lowest BCUT2D eigenvalue weighted by Crippen LogP contribution is -2.00. The van der Waals surface area contributed by atoms with Crippen molar-refractivity contribution in [3.63, 3.8) is 0 Å². The van der Waals surface area contributed by atoms with Crippen molar-refractivity contribution in [3.05, 3.63) is 212 Å². The van der Waals surface area contributed by atoms with Crippen LogP contribution in [-0.4, -0.2) is 19.5 Å². The third-order valence-electron chi connectivity index (χ3n) is 11.5. The third-order valence-corrected chi connectivity index (χ3v) is 11.5. The summed E-state index contributed by atoms with van der Waals surface area (Å²) in [5.74, 6) is 0.842. The summed E-state index contributed by atoms with van der Waals surface area (Å²) in [5.41, 5.74) is 16.4. The van der Waals surface area contributed by atoms with Gasteiger partial charge in [-0.1, -0.05) is 152 Å². The molecule has 5 nitrogen and oxygen atoms in total. The maximum Gasteiger partial charge on any atom is 0.147 e. The molecule has 8 aromatic carbocycles. The molecule has 3 heterocycles.